The Bertz CT molecular complexity index is 986. The van der Waals surface area contributed by atoms with E-state index in [4.69, 9.17) is 9.47 Å². The zero-order chi connectivity index (χ0) is 20.6. The Hall–Kier alpha value is -3.54. The van der Waals surface area contributed by atoms with Crippen LogP contribution >= 0.6 is 0 Å². The van der Waals surface area contributed by atoms with Crippen LogP contribution in [0.2, 0.25) is 0 Å². The molecular formula is C23H24N2O4. The number of hydrogen-bond donors (Lipinski definition) is 2. The molecule has 3 rings (SSSR count). The van der Waals surface area contributed by atoms with Gasteiger partial charge in [-0.1, -0.05) is 42.5 Å². The van der Waals surface area contributed by atoms with E-state index in [1.807, 2.05) is 49.4 Å². The molecule has 6 heteroatoms. The van der Waals surface area contributed by atoms with Gasteiger partial charge in [-0.25, -0.2) is 0 Å². The molecule has 150 valence electrons. The number of amides is 2. The standard InChI is InChI=1S/C23H24N2O4/c1-3-28-20-10-12-21(13-11-20)29-16(2)23(27)25-24-22(26)15-17-8-9-18-6-4-5-7-19(18)14-17/h4-14,16H,3,15H2,1-2H3,(H,24,26)(H,25,27)/t16-/m0/s1. The molecule has 0 spiro atoms. The highest BCUT2D eigenvalue weighted by Crippen LogP contribution is 2.19. The van der Waals surface area contributed by atoms with E-state index in [1.54, 1.807) is 31.2 Å². The van der Waals surface area contributed by atoms with Gasteiger partial charge in [-0.05, 0) is 54.4 Å². The van der Waals surface area contributed by atoms with E-state index in [-0.39, 0.29) is 12.3 Å². The first-order valence-corrected chi connectivity index (χ1v) is 9.51. The van der Waals surface area contributed by atoms with Gasteiger partial charge in [0.15, 0.2) is 6.10 Å². The molecule has 0 unspecified atom stereocenters. The number of ether oxygens (including phenoxy) is 2. The van der Waals surface area contributed by atoms with Crippen LogP contribution in [0.25, 0.3) is 10.8 Å². The molecule has 29 heavy (non-hydrogen) atoms. The predicted octanol–water partition coefficient (Wildman–Crippen LogP) is 3.40. The van der Waals surface area contributed by atoms with E-state index in [9.17, 15) is 9.59 Å². The number of fused-ring (bicyclic) bond motifs is 1. The second kappa shape index (κ2) is 9.59. The van der Waals surface area contributed by atoms with Crippen LogP contribution in [-0.2, 0) is 16.0 Å². The Balaban J connectivity index is 1.47. The number of nitrogens with one attached hydrogen (secondary N) is 2. The number of carbonyl (C=O) groups is 2. The summed E-state index contributed by atoms with van der Waals surface area (Å²) in [5, 5.41) is 2.18. The molecule has 2 N–H and O–H groups in total. The molecule has 0 saturated carbocycles. The van der Waals surface area contributed by atoms with Crippen LogP contribution in [0.5, 0.6) is 11.5 Å². The van der Waals surface area contributed by atoms with Crippen LogP contribution in [0.1, 0.15) is 19.4 Å². The fourth-order valence-corrected chi connectivity index (χ4v) is 2.85. The molecule has 0 aliphatic carbocycles. The Morgan fingerprint density at radius 1 is 0.897 bits per heavy atom. The quantitative estimate of drug-likeness (QED) is 0.604. The molecule has 3 aromatic rings. The van der Waals surface area contributed by atoms with Gasteiger partial charge in [-0.3, -0.25) is 20.4 Å². The van der Waals surface area contributed by atoms with Crippen LogP contribution in [0.4, 0.5) is 0 Å². The third-order valence-electron chi connectivity index (χ3n) is 4.32. The number of rotatable bonds is 7. The zero-order valence-corrected chi connectivity index (χ0v) is 16.5. The monoisotopic (exact) mass is 392 g/mol. The van der Waals surface area contributed by atoms with E-state index in [1.165, 1.54) is 0 Å². The second-order valence-electron chi connectivity index (χ2n) is 6.56. The fourth-order valence-electron chi connectivity index (χ4n) is 2.85. The molecule has 0 fully saturated rings. The van der Waals surface area contributed by atoms with Crippen molar-refractivity contribution in [2.45, 2.75) is 26.4 Å². The van der Waals surface area contributed by atoms with Crippen molar-refractivity contribution in [1.82, 2.24) is 10.9 Å². The van der Waals surface area contributed by atoms with Crippen LogP contribution in [-0.4, -0.2) is 24.5 Å². The lowest BCUT2D eigenvalue weighted by Gasteiger charge is -2.15. The minimum absolute atomic E-state index is 0.166. The average Bonchev–Trinajstić information content (AvgIpc) is 2.73. The first-order chi connectivity index (χ1) is 14.0. The molecule has 0 aliphatic heterocycles. The van der Waals surface area contributed by atoms with Crippen molar-refractivity contribution in [3.05, 3.63) is 72.3 Å². The Morgan fingerprint density at radius 3 is 2.31 bits per heavy atom. The summed E-state index contributed by atoms with van der Waals surface area (Å²) in [5.41, 5.74) is 5.71. The van der Waals surface area contributed by atoms with Gasteiger partial charge in [-0.2, -0.15) is 0 Å². The summed E-state index contributed by atoms with van der Waals surface area (Å²) >= 11 is 0. The number of benzene rings is 3. The minimum Gasteiger partial charge on any atom is -0.494 e. The highest BCUT2D eigenvalue weighted by atomic mass is 16.5. The first kappa shape index (κ1) is 20.2. The summed E-state index contributed by atoms with van der Waals surface area (Å²) in [5.74, 6) is 0.532. The highest BCUT2D eigenvalue weighted by Gasteiger charge is 2.15. The van der Waals surface area contributed by atoms with E-state index >= 15 is 0 Å². The summed E-state index contributed by atoms with van der Waals surface area (Å²) < 4.78 is 11.0. The normalized spacial score (nSPS) is 11.5. The van der Waals surface area contributed by atoms with Crippen molar-refractivity contribution in [2.24, 2.45) is 0 Å². The van der Waals surface area contributed by atoms with Gasteiger partial charge in [-0.15, -0.1) is 0 Å². The summed E-state index contributed by atoms with van der Waals surface area (Å²) in [6.07, 6.45) is -0.604. The van der Waals surface area contributed by atoms with Crippen LogP contribution in [0.15, 0.2) is 66.7 Å². The number of carbonyl (C=O) groups excluding carboxylic acids is 2. The maximum atomic E-state index is 12.2. The Morgan fingerprint density at radius 2 is 1.59 bits per heavy atom. The van der Waals surface area contributed by atoms with Crippen molar-refractivity contribution in [3.63, 3.8) is 0 Å². The van der Waals surface area contributed by atoms with E-state index < -0.39 is 12.0 Å². The van der Waals surface area contributed by atoms with Gasteiger partial charge in [0.1, 0.15) is 11.5 Å². The molecule has 1 atom stereocenters. The lowest BCUT2D eigenvalue weighted by molar-refractivity contribution is -0.132. The smallest absolute Gasteiger partial charge is 0.279 e. The molecule has 2 amide bonds. The fraction of sp³-hybridized carbons (Fsp3) is 0.217. The largest absolute Gasteiger partial charge is 0.494 e. The van der Waals surface area contributed by atoms with Gasteiger partial charge in [0.25, 0.3) is 5.91 Å². The SMILES string of the molecule is CCOc1ccc(O[C@@H](C)C(=O)NNC(=O)Cc2ccc3ccccc3c2)cc1. The van der Waals surface area contributed by atoms with Gasteiger partial charge in [0.2, 0.25) is 5.91 Å². The lowest BCUT2D eigenvalue weighted by Crippen LogP contribution is -2.47. The van der Waals surface area contributed by atoms with Gasteiger partial charge in [0, 0.05) is 0 Å². The molecule has 0 aliphatic rings. The zero-order valence-electron chi connectivity index (χ0n) is 16.5. The molecule has 0 bridgehead atoms. The predicted molar refractivity (Wildman–Crippen MR) is 112 cm³/mol. The summed E-state index contributed by atoms with van der Waals surface area (Å²) in [6, 6.07) is 20.8. The van der Waals surface area contributed by atoms with Crippen molar-refractivity contribution in [3.8, 4) is 11.5 Å². The van der Waals surface area contributed by atoms with Gasteiger partial charge >= 0.3 is 0 Å². The molecule has 0 saturated heterocycles. The maximum Gasteiger partial charge on any atom is 0.279 e. The van der Waals surface area contributed by atoms with Crippen molar-refractivity contribution in [2.75, 3.05) is 6.61 Å². The Kier molecular flexibility index (Phi) is 6.68. The van der Waals surface area contributed by atoms with Crippen molar-refractivity contribution >= 4 is 22.6 Å². The molecule has 3 aromatic carbocycles. The van der Waals surface area contributed by atoms with E-state index in [2.05, 4.69) is 10.9 Å². The van der Waals surface area contributed by atoms with Gasteiger partial charge in [0.05, 0.1) is 13.0 Å². The van der Waals surface area contributed by atoms with Crippen LogP contribution < -0.4 is 20.3 Å². The lowest BCUT2D eigenvalue weighted by atomic mass is 10.1. The molecule has 0 aromatic heterocycles. The number of hydrogen-bond acceptors (Lipinski definition) is 4. The van der Waals surface area contributed by atoms with Crippen LogP contribution in [0, 0.1) is 0 Å². The summed E-state index contributed by atoms with van der Waals surface area (Å²) in [6.45, 7) is 4.10. The first-order valence-electron chi connectivity index (χ1n) is 9.51. The molecule has 0 radical (unpaired) electrons. The topological polar surface area (TPSA) is 76.7 Å². The van der Waals surface area contributed by atoms with Crippen LogP contribution in [0.3, 0.4) is 0 Å². The molecule has 0 heterocycles. The summed E-state index contributed by atoms with van der Waals surface area (Å²) in [7, 11) is 0. The van der Waals surface area contributed by atoms with Crippen molar-refractivity contribution in [1.29, 1.82) is 0 Å². The second-order valence-corrected chi connectivity index (χ2v) is 6.56. The Labute approximate surface area is 169 Å². The van der Waals surface area contributed by atoms with E-state index in [0.29, 0.717) is 12.4 Å². The third kappa shape index (κ3) is 5.72. The summed E-state index contributed by atoms with van der Waals surface area (Å²) in [4.78, 5) is 24.3. The van der Waals surface area contributed by atoms with Gasteiger partial charge < -0.3 is 9.47 Å². The van der Waals surface area contributed by atoms with Crippen molar-refractivity contribution < 1.29 is 19.1 Å². The highest BCUT2D eigenvalue weighted by molar-refractivity contribution is 5.87. The molecular weight excluding hydrogens is 368 g/mol. The number of hydrazine groups is 1. The average molecular weight is 392 g/mol. The molecule has 6 nitrogen and oxygen atoms in total. The third-order valence-corrected chi connectivity index (χ3v) is 4.32. The maximum absolute atomic E-state index is 12.2. The minimum atomic E-state index is -0.770. The van der Waals surface area contributed by atoms with E-state index in [0.717, 1.165) is 22.1 Å².